The van der Waals surface area contributed by atoms with Gasteiger partial charge in [-0.05, 0) is 36.4 Å². The molecule has 0 aliphatic carbocycles. The quantitative estimate of drug-likeness (QED) is 0.599. The summed E-state index contributed by atoms with van der Waals surface area (Å²) in [5.74, 6) is 1.38. The molecule has 4 nitrogen and oxygen atoms in total. The number of rotatable bonds is 3. The summed E-state index contributed by atoms with van der Waals surface area (Å²) in [6.07, 6.45) is 0. The van der Waals surface area contributed by atoms with Crippen molar-refractivity contribution in [3.8, 4) is 11.5 Å². The maximum Gasteiger partial charge on any atom is 0.324 e. The minimum Gasteiger partial charge on any atom is -0.457 e. The highest BCUT2D eigenvalue weighted by Gasteiger charge is 2.30. The summed E-state index contributed by atoms with van der Waals surface area (Å²) in [5.41, 5.74) is 0.562. The first-order chi connectivity index (χ1) is 10.4. The van der Waals surface area contributed by atoms with Gasteiger partial charge in [-0.15, -0.1) is 0 Å². The normalized spacial score (nSPS) is 10.9. The predicted octanol–water partition coefficient (Wildman–Crippen LogP) is 5.27. The minimum absolute atomic E-state index is 0.531. The van der Waals surface area contributed by atoms with Crippen molar-refractivity contribution in [2.24, 2.45) is 0 Å². The molecule has 7 heteroatoms. The molecule has 0 atom stereocenters. The molecule has 0 saturated heterocycles. The maximum absolute atomic E-state index is 11.9. The van der Waals surface area contributed by atoms with E-state index in [1.54, 1.807) is 24.3 Å². The molecule has 2 rings (SSSR count). The van der Waals surface area contributed by atoms with E-state index in [0.717, 1.165) is 10.6 Å². The Morgan fingerprint density at radius 1 is 1.00 bits per heavy atom. The molecule has 2 aromatic carbocycles. The van der Waals surface area contributed by atoms with Crippen LogP contribution in [0.3, 0.4) is 0 Å². The van der Waals surface area contributed by atoms with E-state index < -0.39 is 9.95 Å². The van der Waals surface area contributed by atoms with Crippen molar-refractivity contribution in [1.82, 2.24) is 4.90 Å². The fourth-order valence-corrected chi connectivity index (χ4v) is 1.78. The van der Waals surface area contributed by atoms with Gasteiger partial charge in [-0.25, -0.2) is 4.79 Å². The van der Waals surface area contributed by atoms with Gasteiger partial charge in [-0.1, -0.05) is 53.0 Å². The number of hydrogen-bond donors (Lipinski definition) is 1. The highest BCUT2D eigenvalue weighted by Crippen LogP contribution is 2.30. The van der Waals surface area contributed by atoms with Crippen molar-refractivity contribution in [2.45, 2.75) is 3.92 Å². The monoisotopic (exact) mass is 358 g/mol. The Morgan fingerprint density at radius 3 is 2.09 bits per heavy atom. The third kappa shape index (κ3) is 4.70. The van der Waals surface area contributed by atoms with Crippen molar-refractivity contribution in [2.75, 3.05) is 12.4 Å². The highest BCUT2D eigenvalue weighted by molar-refractivity contribution is 6.67. The van der Waals surface area contributed by atoms with Gasteiger partial charge in [-0.2, -0.15) is 0 Å². The van der Waals surface area contributed by atoms with Crippen molar-refractivity contribution >= 4 is 46.5 Å². The van der Waals surface area contributed by atoms with Crippen LogP contribution in [0.2, 0.25) is 0 Å². The number of carbonyl (C=O) groups excluding carboxylic acids is 1. The fourth-order valence-electron chi connectivity index (χ4n) is 1.55. The third-order valence-corrected chi connectivity index (χ3v) is 3.53. The smallest absolute Gasteiger partial charge is 0.324 e. The molecule has 0 aliphatic rings. The zero-order valence-electron chi connectivity index (χ0n) is 11.6. The number of benzene rings is 2. The van der Waals surface area contributed by atoms with E-state index in [2.05, 4.69) is 5.32 Å². The number of urea groups is 1. The van der Waals surface area contributed by atoms with Crippen molar-refractivity contribution < 1.29 is 9.53 Å². The second-order valence-corrected chi connectivity index (χ2v) is 6.62. The van der Waals surface area contributed by atoms with Crippen LogP contribution in [0.15, 0.2) is 54.6 Å². The highest BCUT2D eigenvalue weighted by atomic mass is 35.6. The number of ether oxygens (including phenoxy) is 1. The average molecular weight is 360 g/mol. The summed E-state index contributed by atoms with van der Waals surface area (Å²) in [4.78, 5) is 12.8. The summed E-state index contributed by atoms with van der Waals surface area (Å²) in [7, 11) is 1.38. The molecule has 0 radical (unpaired) electrons. The van der Waals surface area contributed by atoms with Gasteiger partial charge >= 0.3 is 6.03 Å². The van der Waals surface area contributed by atoms with Gasteiger partial charge in [0.15, 0.2) is 0 Å². The molecule has 0 fully saturated rings. The maximum atomic E-state index is 11.9. The number of nitrogens with one attached hydrogen (secondary N) is 1. The van der Waals surface area contributed by atoms with Gasteiger partial charge in [0.1, 0.15) is 11.5 Å². The van der Waals surface area contributed by atoms with Crippen LogP contribution < -0.4 is 10.1 Å². The number of hydrogen-bond acceptors (Lipinski definition) is 2. The lowest BCUT2D eigenvalue weighted by Gasteiger charge is -2.25. The molecular formula is C15H13Cl3N2O2. The number of anilines is 1. The number of para-hydroxylation sites is 1. The molecule has 0 aliphatic heterocycles. The summed E-state index contributed by atoms with van der Waals surface area (Å²) in [6, 6.07) is 15.7. The first-order valence-corrected chi connectivity index (χ1v) is 7.44. The van der Waals surface area contributed by atoms with Gasteiger partial charge in [0.2, 0.25) is 0 Å². The molecule has 22 heavy (non-hydrogen) atoms. The second-order valence-electron chi connectivity index (χ2n) is 4.40. The zero-order valence-corrected chi connectivity index (χ0v) is 13.9. The second kappa shape index (κ2) is 7.09. The lowest BCUT2D eigenvalue weighted by atomic mass is 10.3. The number of amides is 2. The van der Waals surface area contributed by atoms with Crippen molar-refractivity contribution in [1.29, 1.82) is 0 Å². The molecule has 0 aromatic heterocycles. The molecule has 2 aromatic rings. The topological polar surface area (TPSA) is 41.6 Å². The number of alkyl halides is 3. The van der Waals surface area contributed by atoms with Crippen LogP contribution in [0, 0.1) is 0 Å². The van der Waals surface area contributed by atoms with E-state index in [9.17, 15) is 4.79 Å². The standard InChI is InChI=1S/C15H13Cl3N2O2/c1-20(15(16,17)18)14(21)19-11-7-9-13(10-8-11)22-12-5-3-2-4-6-12/h2-10H,1H3,(H,19,21). The van der Waals surface area contributed by atoms with Gasteiger partial charge in [-0.3, -0.25) is 4.90 Å². The Morgan fingerprint density at radius 2 is 1.55 bits per heavy atom. The van der Waals surface area contributed by atoms with Crippen LogP contribution in [0.4, 0.5) is 10.5 Å². The molecular weight excluding hydrogens is 347 g/mol. The van der Waals surface area contributed by atoms with Gasteiger partial charge in [0.05, 0.1) is 0 Å². The van der Waals surface area contributed by atoms with E-state index in [4.69, 9.17) is 39.5 Å². The zero-order chi connectivity index (χ0) is 16.2. The molecule has 116 valence electrons. The molecule has 1 N–H and O–H groups in total. The largest absolute Gasteiger partial charge is 0.457 e. The third-order valence-electron chi connectivity index (χ3n) is 2.77. The SMILES string of the molecule is CN(C(=O)Nc1ccc(Oc2ccccc2)cc1)C(Cl)(Cl)Cl. The Kier molecular flexibility index (Phi) is 5.40. The molecule has 0 bridgehead atoms. The first-order valence-electron chi connectivity index (χ1n) is 6.31. The van der Waals surface area contributed by atoms with Crippen LogP contribution in [-0.4, -0.2) is 21.9 Å². The Bertz CT molecular complexity index is 627. The van der Waals surface area contributed by atoms with Gasteiger partial charge < -0.3 is 10.1 Å². The Balaban J connectivity index is 1.99. The Hall–Kier alpha value is -1.62. The molecule has 2 amide bonds. The Labute approximate surface area is 143 Å². The van der Waals surface area contributed by atoms with E-state index in [0.29, 0.717) is 11.4 Å². The molecule has 0 heterocycles. The fraction of sp³-hybridized carbons (Fsp3) is 0.133. The molecule has 0 saturated carbocycles. The summed E-state index contributed by atoms with van der Waals surface area (Å²) in [6.45, 7) is 0. The average Bonchev–Trinajstić information content (AvgIpc) is 2.48. The van der Waals surface area contributed by atoms with Gasteiger partial charge in [0, 0.05) is 12.7 Å². The van der Waals surface area contributed by atoms with Crippen LogP contribution in [-0.2, 0) is 0 Å². The molecule has 0 spiro atoms. The summed E-state index contributed by atoms with van der Waals surface area (Å²) < 4.78 is 3.85. The summed E-state index contributed by atoms with van der Waals surface area (Å²) >= 11 is 16.9. The van der Waals surface area contributed by atoms with Crippen molar-refractivity contribution in [3.05, 3.63) is 54.6 Å². The lowest BCUT2D eigenvalue weighted by Crippen LogP contribution is -2.40. The summed E-state index contributed by atoms with van der Waals surface area (Å²) in [5, 5.41) is 2.62. The van der Waals surface area contributed by atoms with E-state index in [-0.39, 0.29) is 0 Å². The van der Waals surface area contributed by atoms with Crippen LogP contribution in [0.1, 0.15) is 0 Å². The van der Waals surface area contributed by atoms with E-state index in [1.807, 2.05) is 30.3 Å². The lowest BCUT2D eigenvalue weighted by molar-refractivity contribution is 0.222. The number of halogens is 3. The van der Waals surface area contributed by atoms with E-state index in [1.165, 1.54) is 7.05 Å². The minimum atomic E-state index is -1.81. The van der Waals surface area contributed by atoms with Crippen LogP contribution in [0.25, 0.3) is 0 Å². The van der Waals surface area contributed by atoms with E-state index >= 15 is 0 Å². The van der Waals surface area contributed by atoms with Gasteiger partial charge in [0.25, 0.3) is 3.92 Å². The van der Waals surface area contributed by atoms with Crippen molar-refractivity contribution in [3.63, 3.8) is 0 Å². The van der Waals surface area contributed by atoms with Crippen LogP contribution >= 0.6 is 34.8 Å². The van der Waals surface area contributed by atoms with Crippen LogP contribution in [0.5, 0.6) is 11.5 Å². The number of carbonyl (C=O) groups is 1. The predicted molar refractivity (Wildman–Crippen MR) is 90.0 cm³/mol. The number of nitrogens with zero attached hydrogens (tertiary/aromatic N) is 1. The molecule has 0 unspecified atom stereocenters. The first kappa shape index (κ1) is 16.7.